The normalized spacial score (nSPS) is 16.5. The molecule has 26 heavy (non-hydrogen) atoms. The number of hydrogen-bond acceptors (Lipinski definition) is 4. The number of nitrogens with zero attached hydrogens (tertiary/aromatic N) is 1. The molecule has 1 aliphatic heterocycles. The van der Waals surface area contributed by atoms with Crippen molar-refractivity contribution in [3.8, 4) is 11.5 Å². The number of benzene rings is 2. The molecule has 1 saturated heterocycles. The Bertz CT molecular complexity index is 742. The lowest BCUT2D eigenvalue weighted by atomic mass is 10.0. The number of halogens is 2. The van der Waals surface area contributed by atoms with Crippen LogP contribution in [-0.2, 0) is 4.79 Å². The van der Waals surface area contributed by atoms with Crippen LogP contribution in [0.15, 0.2) is 48.5 Å². The van der Waals surface area contributed by atoms with E-state index in [0.29, 0.717) is 23.9 Å². The first-order valence-corrected chi connectivity index (χ1v) is 8.59. The second-order valence-electron chi connectivity index (χ2n) is 5.77. The summed E-state index contributed by atoms with van der Waals surface area (Å²) in [5, 5.41) is 3.84. The van der Waals surface area contributed by atoms with E-state index in [0.717, 1.165) is 17.9 Å². The predicted octanol–water partition coefficient (Wildman–Crippen LogP) is 3.32. The maximum absolute atomic E-state index is 12.8. The zero-order chi connectivity index (χ0) is 17.6. The van der Waals surface area contributed by atoms with E-state index in [1.54, 1.807) is 19.2 Å². The Balaban J connectivity index is 0.00000243. The SMILES string of the molecule is COc1ccccc1C1CNCCN1C(=O)COc1ccccc1Cl.Cl. The highest BCUT2D eigenvalue weighted by molar-refractivity contribution is 6.32. The summed E-state index contributed by atoms with van der Waals surface area (Å²) in [4.78, 5) is 14.6. The van der Waals surface area contributed by atoms with E-state index in [9.17, 15) is 4.79 Å². The fraction of sp³-hybridized carbons (Fsp3) is 0.316. The minimum absolute atomic E-state index is 0. The van der Waals surface area contributed by atoms with Gasteiger partial charge in [-0.3, -0.25) is 4.79 Å². The van der Waals surface area contributed by atoms with Crippen LogP contribution in [0.2, 0.25) is 5.02 Å². The Morgan fingerprint density at radius 1 is 1.19 bits per heavy atom. The van der Waals surface area contributed by atoms with E-state index in [-0.39, 0.29) is 31.0 Å². The molecule has 1 fully saturated rings. The molecule has 0 saturated carbocycles. The molecule has 140 valence electrons. The number of carbonyl (C=O) groups is 1. The van der Waals surface area contributed by atoms with E-state index in [1.165, 1.54) is 0 Å². The van der Waals surface area contributed by atoms with Gasteiger partial charge in [-0.2, -0.15) is 0 Å². The lowest BCUT2D eigenvalue weighted by Crippen LogP contribution is -2.50. The number of amides is 1. The molecule has 1 heterocycles. The van der Waals surface area contributed by atoms with Crippen LogP contribution in [0, 0.1) is 0 Å². The number of methoxy groups -OCH3 is 1. The second kappa shape index (κ2) is 9.67. The first kappa shape index (κ1) is 20.4. The van der Waals surface area contributed by atoms with Gasteiger partial charge >= 0.3 is 0 Å². The Morgan fingerprint density at radius 3 is 2.62 bits per heavy atom. The van der Waals surface area contributed by atoms with Crippen LogP contribution in [0.5, 0.6) is 11.5 Å². The van der Waals surface area contributed by atoms with Crippen LogP contribution >= 0.6 is 24.0 Å². The van der Waals surface area contributed by atoms with Crippen LogP contribution in [-0.4, -0.2) is 44.2 Å². The second-order valence-corrected chi connectivity index (χ2v) is 6.18. The Labute approximate surface area is 164 Å². The highest BCUT2D eigenvalue weighted by Crippen LogP contribution is 2.30. The summed E-state index contributed by atoms with van der Waals surface area (Å²) >= 11 is 6.08. The van der Waals surface area contributed by atoms with Gasteiger partial charge in [0.1, 0.15) is 11.5 Å². The molecular formula is C19H22Cl2N2O3. The molecule has 2 aromatic rings. The Kier molecular flexibility index (Phi) is 7.57. The van der Waals surface area contributed by atoms with Crippen molar-refractivity contribution in [2.24, 2.45) is 0 Å². The van der Waals surface area contributed by atoms with Crippen molar-refractivity contribution in [1.82, 2.24) is 10.2 Å². The van der Waals surface area contributed by atoms with Crippen molar-refractivity contribution in [2.45, 2.75) is 6.04 Å². The monoisotopic (exact) mass is 396 g/mol. The number of ether oxygens (including phenoxy) is 2. The number of para-hydroxylation sites is 2. The Morgan fingerprint density at radius 2 is 1.88 bits per heavy atom. The predicted molar refractivity (Wildman–Crippen MR) is 105 cm³/mol. The van der Waals surface area contributed by atoms with Crippen molar-refractivity contribution in [3.63, 3.8) is 0 Å². The van der Waals surface area contributed by atoms with E-state index in [4.69, 9.17) is 21.1 Å². The number of carbonyl (C=O) groups excluding carboxylic acids is 1. The van der Waals surface area contributed by atoms with Gasteiger partial charge < -0.3 is 19.7 Å². The zero-order valence-corrected chi connectivity index (χ0v) is 16.1. The summed E-state index contributed by atoms with van der Waals surface area (Å²) in [6, 6.07) is 14.8. The smallest absolute Gasteiger partial charge is 0.261 e. The molecule has 0 aliphatic carbocycles. The third-order valence-corrected chi connectivity index (χ3v) is 4.56. The standard InChI is InChI=1S/C19H21ClN2O3.ClH/c1-24-17-8-4-2-6-14(17)16-12-21-10-11-22(16)19(23)13-25-18-9-5-3-7-15(18)20;/h2-9,16,21H,10-13H2,1H3;1H. The molecule has 1 N–H and O–H groups in total. The van der Waals surface area contributed by atoms with Crippen molar-refractivity contribution >= 4 is 29.9 Å². The van der Waals surface area contributed by atoms with Crippen LogP contribution in [0.1, 0.15) is 11.6 Å². The van der Waals surface area contributed by atoms with Gasteiger partial charge in [0.15, 0.2) is 6.61 Å². The van der Waals surface area contributed by atoms with Crippen molar-refractivity contribution in [2.75, 3.05) is 33.4 Å². The summed E-state index contributed by atoms with van der Waals surface area (Å²) in [6.07, 6.45) is 0. The fourth-order valence-corrected chi connectivity index (χ4v) is 3.20. The highest BCUT2D eigenvalue weighted by Gasteiger charge is 2.30. The molecule has 0 radical (unpaired) electrons. The molecule has 0 bridgehead atoms. The van der Waals surface area contributed by atoms with Crippen LogP contribution < -0.4 is 14.8 Å². The van der Waals surface area contributed by atoms with Crippen LogP contribution in [0.25, 0.3) is 0 Å². The van der Waals surface area contributed by atoms with Crippen LogP contribution in [0.3, 0.4) is 0 Å². The molecule has 1 amide bonds. The number of piperazine rings is 1. The van der Waals surface area contributed by atoms with Gasteiger partial charge in [0.05, 0.1) is 18.2 Å². The molecule has 5 nitrogen and oxygen atoms in total. The average Bonchev–Trinajstić information content (AvgIpc) is 2.67. The topological polar surface area (TPSA) is 50.8 Å². The van der Waals surface area contributed by atoms with E-state index in [1.807, 2.05) is 41.3 Å². The van der Waals surface area contributed by atoms with Gasteiger partial charge in [0.2, 0.25) is 0 Å². The molecular weight excluding hydrogens is 375 g/mol. The van der Waals surface area contributed by atoms with E-state index < -0.39 is 0 Å². The third kappa shape index (κ3) is 4.61. The number of rotatable bonds is 5. The highest BCUT2D eigenvalue weighted by atomic mass is 35.5. The van der Waals surface area contributed by atoms with E-state index >= 15 is 0 Å². The molecule has 1 aliphatic rings. The summed E-state index contributed by atoms with van der Waals surface area (Å²) < 4.78 is 11.1. The average molecular weight is 397 g/mol. The van der Waals surface area contributed by atoms with Gasteiger partial charge in [-0.15, -0.1) is 12.4 Å². The maximum Gasteiger partial charge on any atom is 0.261 e. The maximum atomic E-state index is 12.8. The minimum atomic E-state index is -0.0905. The lowest BCUT2D eigenvalue weighted by Gasteiger charge is -2.37. The molecule has 1 atom stereocenters. The fourth-order valence-electron chi connectivity index (χ4n) is 3.01. The molecule has 2 aromatic carbocycles. The lowest BCUT2D eigenvalue weighted by molar-refractivity contribution is -0.136. The quantitative estimate of drug-likeness (QED) is 0.841. The van der Waals surface area contributed by atoms with Gasteiger partial charge in [-0.1, -0.05) is 41.9 Å². The molecule has 3 rings (SSSR count). The summed E-state index contributed by atoms with van der Waals surface area (Å²) in [6.45, 7) is 2.00. The first-order valence-electron chi connectivity index (χ1n) is 8.21. The molecule has 7 heteroatoms. The number of hydrogen-bond donors (Lipinski definition) is 1. The van der Waals surface area contributed by atoms with Gasteiger partial charge in [0, 0.05) is 25.2 Å². The van der Waals surface area contributed by atoms with Gasteiger partial charge in [-0.25, -0.2) is 0 Å². The zero-order valence-electron chi connectivity index (χ0n) is 14.5. The Hall–Kier alpha value is -1.95. The summed E-state index contributed by atoms with van der Waals surface area (Å²) in [7, 11) is 1.64. The molecule has 0 spiro atoms. The van der Waals surface area contributed by atoms with Gasteiger partial charge in [0.25, 0.3) is 5.91 Å². The van der Waals surface area contributed by atoms with Crippen LogP contribution in [0.4, 0.5) is 0 Å². The molecule has 0 aromatic heterocycles. The minimum Gasteiger partial charge on any atom is -0.496 e. The van der Waals surface area contributed by atoms with E-state index in [2.05, 4.69) is 5.32 Å². The number of nitrogens with one attached hydrogen (secondary N) is 1. The largest absolute Gasteiger partial charge is 0.496 e. The van der Waals surface area contributed by atoms with Crippen molar-refractivity contribution in [3.05, 3.63) is 59.1 Å². The van der Waals surface area contributed by atoms with Gasteiger partial charge in [-0.05, 0) is 18.2 Å². The van der Waals surface area contributed by atoms with Crippen molar-refractivity contribution < 1.29 is 14.3 Å². The summed E-state index contributed by atoms with van der Waals surface area (Å²) in [5.41, 5.74) is 0.989. The summed E-state index contributed by atoms with van der Waals surface area (Å²) in [5.74, 6) is 1.22. The molecule has 1 unspecified atom stereocenters. The first-order chi connectivity index (χ1) is 12.2. The third-order valence-electron chi connectivity index (χ3n) is 4.25. The van der Waals surface area contributed by atoms with Crippen molar-refractivity contribution in [1.29, 1.82) is 0 Å².